The van der Waals surface area contributed by atoms with Crippen LogP contribution in [0, 0.1) is 0 Å². The first-order valence-corrected chi connectivity index (χ1v) is 14.9. The molecule has 1 aromatic carbocycles. The summed E-state index contributed by atoms with van der Waals surface area (Å²) in [5.41, 5.74) is 6.49. The molecule has 1 aliphatic rings. The van der Waals surface area contributed by atoms with Gasteiger partial charge in [-0.25, -0.2) is 9.55 Å². The molecule has 0 amide bonds. The monoisotopic (exact) mass is 612 g/mol. The number of hydrogen-bond donors (Lipinski definition) is 3. The first-order chi connectivity index (χ1) is 19.3. The topological polar surface area (TPSA) is 182 Å². The maximum absolute atomic E-state index is 13.8. The van der Waals surface area contributed by atoms with E-state index in [-0.39, 0.29) is 29.3 Å². The number of hydrogen-bond acceptors (Lipinski definition) is 12. The van der Waals surface area contributed by atoms with Crippen LogP contribution in [-0.4, -0.2) is 73.0 Å². The van der Waals surface area contributed by atoms with Gasteiger partial charge < -0.3 is 29.6 Å². The van der Waals surface area contributed by atoms with Gasteiger partial charge in [0, 0.05) is 0 Å². The van der Waals surface area contributed by atoms with E-state index in [4.69, 9.17) is 40.6 Å². The van der Waals surface area contributed by atoms with Crippen molar-refractivity contribution in [3.8, 4) is 11.6 Å². The minimum atomic E-state index is -4.21. The highest BCUT2D eigenvalue weighted by molar-refractivity contribution is 7.52. The van der Waals surface area contributed by atoms with E-state index in [9.17, 15) is 14.5 Å². The number of ether oxygens (including phenoxy) is 3. The van der Waals surface area contributed by atoms with Crippen LogP contribution >= 0.6 is 19.3 Å². The standard InChI is InChI=1S/C25H34ClN6O8P/c1-6-36-21-18-20(29-24(27)30-21)32(13-28-18)23-25(5,26)19(33)17(39-23)12-37-41(35,40-16-10-8-7-9-11-16)31-15(4)22(34)38-14(2)3/h7-11,13-15,17,19,23,33H,6,12H2,1-5H3,(H,31,35)(H2,27,29,30)/t15-,17+,19+,23+,25+,41+/m0/s1. The van der Waals surface area contributed by atoms with Gasteiger partial charge in [-0.3, -0.25) is 13.9 Å². The second kappa shape index (κ2) is 12.5. The lowest BCUT2D eigenvalue weighted by Gasteiger charge is -2.26. The number of aromatic nitrogens is 4. The molecule has 6 atom stereocenters. The number of nitrogen functional groups attached to an aromatic ring is 1. The number of halogens is 1. The molecule has 3 heterocycles. The molecule has 0 radical (unpaired) electrons. The molecule has 2 aromatic heterocycles. The predicted octanol–water partition coefficient (Wildman–Crippen LogP) is 3.20. The highest BCUT2D eigenvalue weighted by Crippen LogP contribution is 2.48. The van der Waals surface area contributed by atoms with Gasteiger partial charge in [0.05, 0.1) is 25.6 Å². The number of alkyl halides is 1. The fourth-order valence-electron chi connectivity index (χ4n) is 4.17. The second-order valence-corrected chi connectivity index (χ2v) is 12.3. The van der Waals surface area contributed by atoms with Crippen molar-refractivity contribution in [2.75, 3.05) is 18.9 Å². The summed E-state index contributed by atoms with van der Waals surface area (Å²) in [4.78, 5) is 23.7. The van der Waals surface area contributed by atoms with Crippen molar-refractivity contribution in [2.24, 2.45) is 0 Å². The van der Waals surface area contributed by atoms with Gasteiger partial charge in [0.15, 0.2) is 17.4 Å². The molecule has 0 bridgehead atoms. The van der Waals surface area contributed by atoms with Crippen LogP contribution in [0.4, 0.5) is 5.95 Å². The van der Waals surface area contributed by atoms with Gasteiger partial charge in [-0.05, 0) is 46.8 Å². The maximum Gasteiger partial charge on any atom is 0.459 e. The van der Waals surface area contributed by atoms with E-state index in [1.807, 2.05) is 0 Å². The molecule has 224 valence electrons. The molecule has 3 aromatic rings. The van der Waals surface area contributed by atoms with Gasteiger partial charge in [0.2, 0.25) is 11.8 Å². The molecule has 4 N–H and O–H groups in total. The third-order valence-corrected chi connectivity index (χ3v) is 8.15. The van der Waals surface area contributed by atoms with Crippen molar-refractivity contribution in [2.45, 2.75) is 70.1 Å². The molecule has 16 heteroatoms. The number of carbonyl (C=O) groups excluding carboxylic acids is 1. The summed E-state index contributed by atoms with van der Waals surface area (Å²) in [6, 6.07) is 7.24. The van der Waals surface area contributed by atoms with Crippen LogP contribution in [0.2, 0.25) is 0 Å². The average Bonchev–Trinajstić information content (AvgIpc) is 3.41. The number of fused-ring (bicyclic) bond motifs is 1. The van der Waals surface area contributed by atoms with Crippen molar-refractivity contribution in [1.29, 1.82) is 0 Å². The minimum Gasteiger partial charge on any atom is -0.476 e. The average molecular weight is 613 g/mol. The number of esters is 1. The smallest absolute Gasteiger partial charge is 0.459 e. The van der Waals surface area contributed by atoms with Crippen molar-refractivity contribution < 1.29 is 37.7 Å². The Morgan fingerprint density at radius 2 is 2.00 bits per heavy atom. The summed E-state index contributed by atoms with van der Waals surface area (Å²) in [7, 11) is -4.21. The number of nitrogens with one attached hydrogen (secondary N) is 1. The van der Waals surface area contributed by atoms with Crippen LogP contribution in [0.1, 0.15) is 40.8 Å². The van der Waals surface area contributed by atoms with Crippen LogP contribution in [0.15, 0.2) is 36.7 Å². The Balaban J connectivity index is 1.56. The number of benzene rings is 1. The van der Waals surface area contributed by atoms with E-state index >= 15 is 0 Å². The molecule has 4 rings (SSSR count). The van der Waals surface area contributed by atoms with E-state index in [1.54, 1.807) is 58.0 Å². The van der Waals surface area contributed by atoms with Gasteiger partial charge in [-0.1, -0.05) is 18.2 Å². The largest absolute Gasteiger partial charge is 0.476 e. The lowest BCUT2D eigenvalue weighted by atomic mass is 10.0. The number of nitrogens with two attached hydrogens (primary N) is 1. The highest BCUT2D eigenvalue weighted by Gasteiger charge is 2.54. The second-order valence-electron chi connectivity index (χ2n) is 9.80. The number of rotatable bonds is 12. The van der Waals surface area contributed by atoms with Gasteiger partial charge in [-0.15, -0.1) is 11.6 Å². The summed E-state index contributed by atoms with van der Waals surface area (Å²) in [6.07, 6.45) is -2.32. The van der Waals surface area contributed by atoms with Crippen molar-refractivity contribution in [3.05, 3.63) is 36.7 Å². The molecule has 1 aliphatic heterocycles. The van der Waals surface area contributed by atoms with Crippen LogP contribution in [0.5, 0.6) is 11.6 Å². The lowest BCUT2D eigenvalue weighted by Crippen LogP contribution is -2.40. The Bertz CT molecular complexity index is 1410. The quantitative estimate of drug-likeness (QED) is 0.154. The number of imidazole rings is 1. The Kier molecular flexibility index (Phi) is 9.42. The number of aliphatic hydroxyl groups excluding tert-OH is 1. The zero-order valence-electron chi connectivity index (χ0n) is 23.3. The molecular weight excluding hydrogens is 579 g/mol. The molecule has 14 nitrogen and oxygen atoms in total. The summed E-state index contributed by atoms with van der Waals surface area (Å²) < 4.78 is 43.6. The van der Waals surface area contributed by atoms with E-state index in [1.165, 1.54) is 17.8 Å². The van der Waals surface area contributed by atoms with E-state index in [0.29, 0.717) is 12.1 Å². The molecular formula is C25H34ClN6O8P. The zero-order valence-corrected chi connectivity index (χ0v) is 24.9. The number of para-hydroxylation sites is 1. The first kappa shape index (κ1) is 30.9. The Morgan fingerprint density at radius 3 is 2.66 bits per heavy atom. The number of aliphatic hydroxyl groups is 1. The molecule has 0 unspecified atom stereocenters. The minimum absolute atomic E-state index is 0.0485. The van der Waals surface area contributed by atoms with Crippen molar-refractivity contribution >= 4 is 42.4 Å². The number of nitrogens with zero attached hydrogens (tertiary/aromatic N) is 4. The Hall–Kier alpha value is -3.00. The predicted molar refractivity (Wildman–Crippen MR) is 150 cm³/mol. The van der Waals surface area contributed by atoms with Crippen LogP contribution < -0.4 is 20.1 Å². The first-order valence-electron chi connectivity index (χ1n) is 13.0. The third-order valence-electron chi connectivity index (χ3n) is 6.09. The fourth-order valence-corrected chi connectivity index (χ4v) is 5.97. The van der Waals surface area contributed by atoms with Crippen molar-refractivity contribution in [1.82, 2.24) is 24.6 Å². The normalized spacial score (nSPS) is 24.7. The molecule has 41 heavy (non-hydrogen) atoms. The highest BCUT2D eigenvalue weighted by atomic mass is 35.5. The Morgan fingerprint density at radius 1 is 1.29 bits per heavy atom. The summed E-state index contributed by atoms with van der Waals surface area (Å²) in [6.45, 7) is 8.14. The van der Waals surface area contributed by atoms with Gasteiger partial charge in [-0.2, -0.15) is 15.1 Å². The van der Waals surface area contributed by atoms with E-state index in [0.717, 1.165) is 0 Å². The SMILES string of the molecule is CCOc1nc(N)nc2c1ncn2[C@@H]1O[C@H](CO[P@](=O)(N[C@@H](C)C(=O)OC(C)C)Oc2ccccc2)[C@@H](O)[C@@]1(C)Cl. The third kappa shape index (κ3) is 6.91. The summed E-state index contributed by atoms with van der Waals surface area (Å²) in [5.74, 6) is -0.273. The molecule has 0 aliphatic carbocycles. The zero-order chi connectivity index (χ0) is 29.9. The van der Waals surface area contributed by atoms with Gasteiger partial charge >= 0.3 is 13.7 Å². The lowest BCUT2D eigenvalue weighted by molar-refractivity contribution is -0.149. The number of anilines is 1. The Labute approximate surface area is 242 Å². The maximum atomic E-state index is 13.8. The van der Waals surface area contributed by atoms with Crippen LogP contribution in [0.25, 0.3) is 11.2 Å². The molecule has 1 fully saturated rings. The van der Waals surface area contributed by atoms with E-state index < -0.39 is 49.7 Å². The fraction of sp³-hybridized carbons (Fsp3) is 0.520. The van der Waals surface area contributed by atoms with Crippen LogP contribution in [0.3, 0.4) is 0 Å². The van der Waals surface area contributed by atoms with Gasteiger partial charge in [0.1, 0.15) is 28.9 Å². The summed E-state index contributed by atoms with van der Waals surface area (Å²) in [5, 5.41) is 13.7. The van der Waals surface area contributed by atoms with E-state index in [2.05, 4.69) is 20.0 Å². The number of carbonyl (C=O) groups is 1. The summed E-state index contributed by atoms with van der Waals surface area (Å²) >= 11 is 6.80. The van der Waals surface area contributed by atoms with Crippen molar-refractivity contribution in [3.63, 3.8) is 0 Å². The van der Waals surface area contributed by atoms with Gasteiger partial charge in [0.25, 0.3) is 0 Å². The molecule has 0 saturated carbocycles. The molecule has 1 saturated heterocycles. The molecule has 0 spiro atoms. The van der Waals surface area contributed by atoms with Crippen LogP contribution in [-0.2, 0) is 23.4 Å².